The largest absolute Gasteiger partial charge is 0.0984 e. The maximum absolute atomic E-state index is 3.90. The second kappa shape index (κ2) is 5.50. The van der Waals surface area contributed by atoms with E-state index in [1.165, 1.54) is 27.8 Å². The lowest BCUT2D eigenvalue weighted by molar-refractivity contribution is 1.43. The quantitative estimate of drug-likeness (QED) is 0.640. The van der Waals surface area contributed by atoms with Crippen LogP contribution in [-0.2, 0) is 0 Å². The zero-order valence-electron chi connectivity index (χ0n) is 11.0. The Morgan fingerprint density at radius 2 is 1.72 bits per heavy atom. The molecule has 2 rings (SSSR count). The highest BCUT2D eigenvalue weighted by molar-refractivity contribution is 5.83. The van der Waals surface area contributed by atoms with Crippen LogP contribution in [0.2, 0.25) is 0 Å². The van der Waals surface area contributed by atoms with E-state index in [4.69, 9.17) is 0 Å². The average Bonchev–Trinajstić information content (AvgIpc) is 2.40. The summed E-state index contributed by atoms with van der Waals surface area (Å²) in [6, 6.07) is 16.8. The third kappa shape index (κ3) is 2.60. The van der Waals surface area contributed by atoms with Crippen molar-refractivity contribution in [2.45, 2.75) is 13.8 Å². The van der Waals surface area contributed by atoms with Gasteiger partial charge in [-0.3, -0.25) is 0 Å². The summed E-state index contributed by atoms with van der Waals surface area (Å²) in [7, 11) is 0. The van der Waals surface area contributed by atoms with Gasteiger partial charge in [-0.15, -0.1) is 0 Å². The predicted molar refractivity (Wildman–Crippen MR) is 81.3 cm³/mol. The molecule has 0 saturated carbocycles. The van der Waals surface area contributed by atoms with Crippen LogP contribution in [0.5, 0.6) is 0 Å². The molecule has 2 aromatic rings. The van der Waals surface area contributed by atoms with Gasteiger partial charge in [0.1, 0.15) is 0 Å². The Bertz CT molecular complexity index is 574. The third-order valence-electron chi connectivity index (χ3n) is 3.16. The molecule has 0 bridgehead atoms. The highest BCUT2D eigenvalue weighted by Gasteiger charge is 2.01. The number of hydrogen-bond acceptors (Lipinski definition) is 0. The van der Waals surface area contributed by atoms with Crippen LogP contribution < -0.4 is 0 Å². The van der Waals surface area contributed by atoms with Gasteiger partial charge < -0.3 is 0 Å². The van der Waals surface area contributed by atoms with Crippen LogP contribution in [-0.4, -0.2) is 0 Å². The molecule has 90 valence electrons. The highest BCUT2D eigenvalue weighted by Crippen LogP contribution is 2.22. The van der Waals surface area contributed by atoms with Crippen molar-refractivity contribution in [2.75, 3.05) is 0 Å². The van der Waals surface area contributed by atoms with Crippen molar-refractivity contribution >= 4 is 17.7 Å². The second-order valence-electron chi connectivity index (χ2n) is 4.48. The fraction of sp³-hybridized carbons (Fsp3) is 0.111. The molecule has 0 nitrogen and oxygen atoms in total. The summed E-state index contributed by atoms with van der Waals surface area (Å²) in [5.74, 6) is 0. The SMILES string of the molecule is C=Cc1c(C)cccc1C=C(C)c1ccccc1. The zero-order valence-corrected chi connectivity index (χ0v) is 11.0. The summed E-state index contributed by atoms with van der Waals surface area (Å²) in [6.45, 7) is 8.16. The molecule has 0 aliphatic rings. The van der Waals surface area contributed by atoms with Crippen molar-refractivity contribution < 1.29 is 0 Å². The molecule has 0 radical (unpaired) electrons. The Labute approximate surface area is 109 Å². The molecule has 0 heterocycles. The Morgan fingerprint density at radius 3 is 2.39 bits per heavy atom. The Hall–Kier alpha value is -2.08. The maximum atomic E-state index is 3.90. The van der Waals surface area contributed by atoms with E-state index in [-0.39, 0.29) is 0 Å². The van der Waals surface area contributed by atoms with Crippen LogP contribution >= 0.6 is 0 Å². The van der Waals surface area contributed by atoms with Crippen molar-refractivity contribution in [1.29, 1.82) is 0 Å². The Kier molecular flexibility index (Phi) is 3.78. The fourth-order valence-electron chi connectivity index (χ4n) is 2.13. The number of rotatable bonds is 3. The highest BCUT2D eigenvalue weighted by atomic mass is 14.1. The smallest absolute Gasteiger partial charge is 0.0161 e. The summed E-state index contributed by atoms with van der Waals surface area (Å²) >= 11 is 0. The molecule has 0 aliphatic carbocycles. The van der Waals surface area contributed by atoms with Gasteiger partial charge in [0, 0.05) is 0 Å². The molecule has 0 heteroatoms. The van der Waals surface area contributed by atoms with Crippen LogP contribution in [0.3, 0.4) is 0 Å². The van der Waals surface area contributed by atoms with E-state index in [0.717, 1.165) is 0 Å². The number of hydrogen-bond donors (Lipinski definition) is 0. The molecule has 0 unspecified atom stereocenters. The monoisotopic (exact) mass is 234 g/mol. The molecule has 2 aromatic carbocycles. The van der Waals surface area contributed by atoms with E-state index >= 15 is 0 Å². The van der Waals surface area contributed by atoms with Gasteiger partial charge in [0.15, 0.2) is 0 Å². The van der Waals surface area contributed by atoms with E-state index in [1.807, 2.05) is 12.1 Å². The number of allylic oxidation sites excluding steroid dienone is 1. The molecular weight excluding hydrogens is 216 g/mol. The van der Waals surface area contributed by atoms with Gasteiger partial charge in [-0.05, 0) is 41.7 Å². The summed E-state index contributed by atoms with van der Waals surface area (Å²) in [5, 5.41) is 0. The van der Waals surface area contributed by atoms with E-state index in [9.17, 15) is 0 Å². The van der Waals surface area contributed by atoms with Crippen LogP contribution in [0.15, 0.2) is 55.1 Å². The first kappa shape index (κ1) is 12.4. The summed E-state index contributed by atoms with van der Waals surface area (Å²) in [5.41, 5.74) is 6.23. The first-order valence-corrected chi connectivity index (χ1v) is 6.18. The predicted octanol–water partition coefficient (Wildman–Crippen LogP) is 5.20. The molecular formula is C18H18. The molecule has 0 aliphatic heterocycles. The van der Waals surface area contributed by atoms with Crippen molar-refractivity contribution in [3.63, 3.8) is 0 Å². The summed E-state index contributed by atoms with van der Waals surface area (Å²) in [4.78, 5) is 0. The minimum Gasteiger partial charge on any atom is -0.0984 e. The minimum absolute atomic E-state index is 1.22. The van der Waals surface area contributed by atoms with Crippen LogP contribution in [0, 0.1) is 6.92 Å². The first-order valence-electron chi connectivity index (χ1n) is 6.18. The van der Waals surface area contributed by atoms with Gasteiger partial charge in [-0.2, -0.15) is 0 Å². The number of aryl methyl sites for hydroxylation is 1. The minimum atomic E-state index is 1.22. The van der Waals surface area contributed by atoms with Gasteiger partial charge >= 0.3 is 0 Å². The van der Waals surface area contributed by atoms with Gasteiger partial charge in [-0.1, -0.05) is 67.3 Å². The van der Waals surface area contributed by atoms with Crippen molar-refractivity contribution in [3.8, 4) is 0 Å². The molecule has 0 spiro atoms. The fourth-order valence-corrected chi connectivity index (χ4v) is 2.13. The van der Waals surface area contributed by atoms with E-state index in [2.05, 4.69) is 69.0 Å². The van der Waals surface area contributed by atoms with Crippen molar-refractivity contribution in [2.24, 2.45) is 0 Å². The Balaban J connectivity index is 2.45. The van der Waals surface area contributed by atoms with Crippen LogP contribution in [0.1, 0.15) is 29.2 Å². The van der Waals surface area contributed by atoms with Crippen molar-refractivity contribution in [3.05, 3.63) is 77.4 Å². The standard InChI is InChI=1S/C18H18/c1-4-18-14(2)9-8-12-17(18)13-15(3)16-10-6-5-7-11-16/h4-13H,1H2,2-3H3. The lowest BCUT2D eigenvalue weighted by Crippen LogP contribution is -1.86. The van der Waals surface area contributed by atoms with E-state index in [1.54, 1.807) is 0 Å². The molecule has 0 amide bonds. The summed E-state index contributed by atoms with van der Waals surface area (Å²) < 4.78 is 0. The second-order valence-corrected chi connectivity index (χ2v) is 4.48. The number of benzene rings is 2. The Morgan fingerprint density at radius 1 is 1.00 bits per heavy atom. The normalized spacial score (nSPS) is 11.3. The zero-order chi connectivity index (χ0) is 13.0. The van der Waals surface area contributed by atoms with Gasteiger partial charge in [0.2, 0.25) is 0 Å². The lowest BCUT2D eigenvalue weighted by Gasteiger charge is -2.07. The topological polar surface area (TPSA) is 0 Å². The van der Waals surface area contributed by atoms with Crippen molar-refractivity contribution in [1.82, 2.24) is 0 Å². The van der Waals surface area contributed by atoms with Crippen LogP contribution in [0.25, 0.3) is 17.7 Å². The van der Waals surface area contributed by atoms with Gasteiger partial charge in [0.25, 0.3) is 0 Å². The van der Waals surface area contributed by atoms with Crippen LogP contribution in [0.4, 0.5) is 0 Å². The van der Waals surface area contributed by atoms with E-state index < -0.39 is 0 Å². The summed E-state index contributed by atoms with van der Waals surface area (Å²) in [6.07, 6.45) is 4.15. The van der Waals surface area contributed by atoms with Gasteiger partial charge in [0.05, 0.1) is 0 Å². The maximum Gasteiger partial charge on any atom is -0.0161 e. The average molecular weight is 234 g/mol. The molecule has 0 atom stereocenters. The molecule has 0 N–H and O–H groups in total. The lowest BCUT2D eigenvalue weighted by atomic mass is 9.98. The molecule has 0 saturated heterocycles. The third-order valence-corrected chi connectivity index (χ3v) is 3.16. The van der Waals surface area contributed by atoms with E-state index in [0.29, 0.717) is 0 Å². The first-order chi connectivity index (χ1) is 8.72. The molecule has 0 aromatic heterocycles. The van der Waals surface area contributed by atoms with Gasteiger partial charge in [-0.25, -0.2) is 0 Å². The molecule has 18 heavy (non-hydrogen) atoms. The molecule has 0 fully saturated rings.